The number of carbonyl (C=O) groups excluding carboxylic acids is 1. The lowest BCUT2D eigenvalue weighted by Gasteiger charge is -2.09. The van der Waals surface area contributed by atoms with Gasteiger partial charge in [0, 0.05) is 30.1 Å². The van der Waals surface area contributed by atoms with Gasteiger partial charge in [0.05, 0.1) is 11.3 Å². The average Bonchev–Trinajstić information content (AvgIpc) is 2.67. The molecular formula is C22H21N3O3. The van der Waals surface area contributed by atoms with Crippen molar-refractivity contribution in [2.45, 2.75) is 19.9 Å². The van der Waals surface area contributed by atoms with Crippen molar-refractivity contribution in [1.29, 1.82) is 0 Å². The third-order valence-electron chi connectivity index (χ3n) is 4.26. The highest BCUT2D eigenvalue weighted by Crippen LogP contribution is 2.16. The molecule has 142 valence electrons. The molecule has 2 N–H and O–H groups in total. The monoisotopic (exact) mass is 375 g/mol. The number of amides is 1. The van der Waals surface area contributed by atoms with Gasteiger partial charge >= 0.3 is 0 Å². The molecule has 0 aliphatic carbocycles. The van der Waals surface area contributed by atoms with Gasteiger partial charge in [0.1, 0.15) is 0 Å². The largest absolute Gasteiger partial charge is 0.381 e. The molecule has 0 radical (unpaired) electrons. The van der Waals surface area contributed by atoms with Crippen LogP contribution in [0, 0.1) is 17.0 Å². The van der Waals surface area contributed by atoms with E-state index >= 15 is 0 Å². The average molecular weight is 375 g/mol. The molecule has 0 aliphatic heterocycles. The summed E-state index contributed by atoms with van der Waals surface area (Å²) in [5, 5.41) is 16.8. The van der Waals surface area contributed by atoms with Gasteiger partial charge in [0.15, 0.2) is 0 Å². The smallest absolute Gasteiger partial charge is 0.269 e. The molecule has 0 aliphatic rings. The van der Waals surface area contributed by atoms with Crippen LogP contribution < -0.4 is 10.6 Å². The number of aryl methyl sites for hydroxylation is 1. The van der Waals surface area contributed by atoms with Crippen LogP contribution in [0.3, 0.4) is 0 Å². The van der Waals surface area contributed by atoms with E-state index in [2.05, 4.69) is 10.6 Å². The predicted molar refractivity (Wildman–Crippen MR) is 110 cm³/mol. The number of anilines is 2. The zero-order valence-corrected chi connectivity index (χ0v) is 15.5. The van der Waals surface area contributed by atoms with E-state index < -0.39 is 4.92 Å². The lowest BCUT2D eigenvalue weighted by Crippen LogP contribution is -2.14. The van der Waals surface area contributed by atoms with Crippen LogP contribution in [0.1, 0.15) is 16.7 Å². The molecule has 0 fully saturated rings. The zero-order valence-electron chi connectivity index (χ0n) is 15.5. The van der Waals surface area contributed by atoms with Gasteiger partial charge in [-0.2, -0.15) is 0 Å². The van der Waals surface area contributed by atoms with E-state index in [9.17, 15) is 14.9 Å². The molecule has 3 aromatic carbocycles. The third kappa shape index (κ3) is 5.41. The number of carbonyl (C=O) groups is 1. The lowest BCUT2D eigenvalue weighted by molar-refractivity contribution is -0.384. The molecular weight excluding hydrogens is 354 g/mol. The molecule has 0 spiro atoms. The Labute approximate surface area is 163 Å². The van der Waals surface area contributed by atoms with Crippen molar-refractivity contribution in [3.05, 3.63) is 99.6 Å². The van der Waals surface area contributed by atoms with Gasteiger partial charge in [-0.05, 0) is 47.9 Å². The fourth-order valence-electron chi connectivity index (χ4n) is 2.79. The van der Waals surface area contributed by atoms with Gasteiger partial charge in [-0.3, -0.25) is 14.9 Å². The van der Waals surface area contributed by atoms with Crippen LogP contribution in [0.15, 0.2) is 72.8 Å². The highest BCUT2D eigenvalue weighted by molar-refractivity contribution is 5.92. The standard InChI is InChI=1S/C22H21N3O3/c1-16-3-2-4-20(13-16)24-22(26)14-17-5-9-19(10-6-17)23-15-18-7-11-21(12-8-18)25(27)28/h2-13,23H,14-15H2,1H3,(H,24,26). The van der Waals surface area contributed by atoms with Crippen LogP contribution >= 0.6 is 0 Å². The van der Waals surface area contributed by atoms with E-state index in [1.54, 1.807) is 12.1 Å². The van der Waals surface area contributed by atoms with E-state index in [4.69, 9.17) is 0 Å². The Hall–Kier alpha value is -3.67. The quantitative estimate of drug-likeness (QED) is 0.463. The molecule has 0 unspecified atom stereocenters. The Bertz CT molecular complexity index is 967. The number of hydrogen-bond donors (Lipinski definition) is 2. The molecule has 0 saturated heterocycles. The predicted octanol–water partition coefficient (Wildman–Crippen LogP) is 4.70. The summed E-state index contributed by atoms with van der Waals surface area (Å²) in [6.07, 6.45) is 0.302. The van der Waals surface area contributed by atoms with Gasteiger partial charge < -0.3 is 10.6 Å². The normalized spacial score (nSPS) is 10.3. The van der Waals surface area contributed by atoms with Crippen molar-refractivity contribution in [2.75, 3.05) is 10.6 Å². The minimum absolute atomic E-state index is 0.0582. The fourth-order valence-corrected chi connectivity index (χ4v) is 2.79. The van der Waals surface area contributed by atoms with Gasteiger partial charge in [-0.25, -0.2) is 0 Å². The second-order valence-corrected chi connectivity index (χ2v) is 6.57. The maximum absolute atomic E-state index is 12.2. The van der Waals surface area contributed by atoms with Gasteiger partial charge in [0.2, 0.25) is 5.91 Å². The Morgan fingerprint density at radius 1 is 0.929 bits per heavy atom. The molecule has 0 bridgehead atoms. The van der Waals surface area contributed by atoms with E-state index in [0.29, 0.717) is 13.0 Å². The molecule has 6 nitrogen and oxygen atoms in total. The first-order chi connectivity index (χ1) is 13.5. The van der Waals surface area contributed by atoms with Crippen molar-refractivity contribution in [3.63, 3.8) is 0 Å². The van der Waals surface area contributed by atoms with Crippen LogP contribution in [-0.4, -0.2) is 10.8 Å². The molecule has 0 saturated carbocycles. The number of rotatable bonds is 7. The summed E-state index contributed by atoms with van der Waals surface area (Å²) in [7, 11) is 0. The number of nitrogens with one attached hydrogen (secondary N) is 2. The van der Waals surface area contributed by atoms with Gasteiger partial charge in [-0.1, -0.05) is 36.4 Å². The highest BCUT2D eigenvalue weighted by Gasteiger charge is 2.06. The second kappa shape index (κ2) is 8.81. The van der Waals surface area contributed by atoms with Crippen LogP contribution in [0.4, 0.5) is 17.1 Å². The number of nitro benzene ring substituents is 1. The van der Waals surface area contributed by atoms with Crippen molar-refractivity contribution >= 4 is 23.0 Å². The van der Waals surface area contributed by atoms with Crippen molar-refractivity contribution < 1.29 is 9.72 Å². The summed E-state index contributed by atoms with van der Waals surface area (Å²) in [6, 6.07) is 21.8. The molecule has 3 aromatic rings. The molecule has 3 rings (SSSR count). The molecule has 0 heterocycles. The summed E-state index contributed by atoms with van der Waals surface area (Å²) >= 11 is 0. The number of nitro groups is 1. The first kappa shape index (κ1) is 19.1. The summed E-state index contributed by atoms with van der Waals surface area (Å²) in [4.78, 5) is 22.5. The number of non-ortho nitro benzene ring substituents is 1. The highest BCUT2D eigenvalue weighted by atomic mass is 16.6. The number of nitrogens with zero attached hydrogens (tertiary/aromatic N) is 1. The number of benzene rings is 3. The summed E-state index contributed by atoms with van der Waals surface area (Å²) in [5.41, 5.74) is 4.77. The maximum atomic E-state index is 12.2. The van der Waals surface area contributed by atoms with Crippen LogP contribution in [0.5, 0.6) is 0 Å². The summed E-state index contributed by atoms with van der Waals surface area (Å²) in [6.45, 7) is 2.54. The Morgan fingerprint density at radius 2 is 1.61 bits per heavy atom. The van der Waals surface area contributed by atoms with Crippen LogP contribution in [0.2, 0.25) is 0 Å². The molecule has 6 heteroatoms. The van der Waals surface area contributed by atoms with E-state index in [-0.39, 0.29) is 11.6 Å². The van der Waals surface area contributed by atoms with Crippen molar-refractivity contribution in [2.24, 2.45) is 0 Å². The van der Waals surface area contributed by atoms with E-state index in [1.807, 2.05) is 55.5 Å². The lowest BCUT2D eigenvalue weighted by atomic mass is 10.1. The Kier molecular flexibility index (Phi) is 6.01. The van der Waals surface area contributed by atoms with Crippen molar-refractivity contribution in [3.8, 4) is 0 Å². The Balaban J connectivity index is 1.51. The Morgan fingerprint density at radius 3 is 2.25 bits per heavy atom. The van der Waals surface area contributed by atoms with Crippen molar-refractivity contribution in [1.82, 2.24) is 0 Å². The van der Waals surface area contributed by atoms with Crippen LogP contribution in [-0.2, 0) is 17.8 Å². The minimum atomic E-state index is -0.412. The fraction of sp³-hybridized carbons (Fsp3) is 0.136. The zero-order chi connectivity index (χ0) is 19.9. The molecule has 28 heavy (non-hydrogen) atoms. The van der Waals surface area contributed by atoms with Crippen LogP contribution in [0.25, 0.3) is 0 Å². The molecule has 0 atom stereocenters. The van der Waals surface area contributed by atoms with E-state index in [0.717, 1.165) is 28.1 Å². The summed E-state index contributed by atoms with van der Waals surface area (Å²) < 4.78 is 0. The first-order valence-electron chi connectivity index (χ1n) is 8.92. The third-order valence-corrected chi connectivity index (χ3v) is 4.26. The molecule has 0 aromatic heterocycles. The SMILES string of the molecule is Cc1cccc(NC(=O)Cc2ccc(NCc3ccc([N+](=O)[O-])cc3)cc2)c1. The van der Waals surface area contributed by atoms with Gasteiger partial charge in [-0.15, -0.1) is 0 Å². The summed E-state index contributed by atoms with van der Waals surface area (Å²) in [5.74, 6) is -0.0582. The number of hydrogen-bond acceptors (Lipinski definition) is 4. The maximum Gasteiger partial charge on any atom is 0.269 e. The minimum Gasteiger partial charge on any atom is -0.381 e. The first-order valence-corrected chi connectivity index (χ1v) is 8.92. The van der Waals surface area contributed by atoms with Gasteiger partial charge in [0.25, 0.3) is 5.69 Å². The topological polar surface area (TPSA) is 84.3 Å². The second-order valence-electron chi connectivity index (χ2n) is 6.57. The van der Waals surface area contributed by atoms with E-state index in [1.165, 1.54) is 12.1 Å². The molecule has 1 amide bonds.